The number of hydrogen-bond acceptors (Lipinski definition) is 10. The summed E-state index contributed by atoms with van der Waals surface area (Å²) >= 11 is 0. The molecular formula is C44H48N8O2Pt2. The van der Waals surface area contributed by atoms with E-state index in [2.05, 4.69) is 95.5 Å². The minimum atomic E-state index is 0. The molecule has 0 aliphatic carbocycles. The number of benzene rings is 2. The molecule has 0 bridgehead atoms. The van der Waals surface area contributed by atoms with Crippen LogP contribution in [0.15, 0.2) is 122 Å². The number of anilines is 6. The van der Waals surface area contributed by atoms with E-state index in [0.29, 0.717) is 0 Å². The van der Waals surface area contributed by atoms with Crippen molar-refractivity contribution >= 4 is 34.4 Å². The number of para-hydroxylation sites is 2. The Morgan fingerprint density at radius 1 is 0.518 bits per heavy atom. The molecule has 0 fully saturated rings. The molecule has 2 aliphatic heterocycles. The molecular weight excluding hydrogens is 1060 g/mol. The summed E-state index contributed by atoms with van der Waals surface area (Å²) in [5.74, 6) is 2.09. The summed E-state index contributed by atoms with van der Waals surface area (Å²) in [6.45, 7) is 16.4. The number of fused-ring (bicyclic) bond motifs is 2. The fraction of sp³-hybridized carbons (Fsp3) is 0.227. The van der Waals surface area contributed by atoms with Crippen LogP contribution in [-0.4, -0.2) is 44.2 Å². The molecule has 0 saturated carbocycles. The van der Waals surface area contributed by atoms with Gasteiger partial charge in [-0.05, 0) is 50.5 Å². The van der Waals surface area contributed by atoms with Gasteiger partial charge in [-0.2, -0.15) is 74.0 Å². The van der Waals surface area contributed by atoms with Crippen LogP contribution >= 0.6 is 0 Å². The molecule has 2 aliphatic rings. The van der Waals surface area contributed by atoms with Crippen molar-refractivity contribution in [2.24, 2.45) is 0 Å². The van der Waals surface area contributed by atoms with Crippen LogP contribution in [0.25, 0.3) is 0 Å². The van der Waals surface area contributed by atoms with E-state index in [-0.39, 0.29) is 64.7 Å². The van der Waals surface area contributed by atoms with Crippen molar-refractivity contribution in [1.29, 1.82) is 0 Å². The summed E-state index contributed by atoms with van der Waals surface area (Å²) in [5, 5.41) is 18.1. The van der Waals surface area contributed by atoms with E-state index in [0.717, 1.165) is 45.8 Å². The molecule has 0 spiro atoms. The minimum Gasteiger partial charge on any atom is -0.502 e. The predicted octanol–water partition coefficient (Wildman–Crippen LogP) is 9.34. The number of aromatic hydroxyl groups is 2. The topological polar surface area (TPSA) is 105 Å². The van der Waals surface area contributed by atoms with Crippen LogP contribution in [0.2, 0.25) is 0 Å². The Morgan fingerprint density at radius 3 is 1.21 bits per heavy atom. The number of aromatic nitrogens is 4. The maximum absolute atomic E-state index is 9.07. The zero-order chi connectivity index (χ0) is 38.9. The summed E-state index contributed by atoms with van der Waals surface area (Å²) in [4.78, 5) is 25.0. The summed E-state index contributed by atoms with van der Waals surface area (Å²) < 4.78 is 0. The number of pyridine rings is 4. The molecule has 4 aromatic heterocycles. The van der Waals surface area contributed by atoms with Gasteiger partial charge in [-0.3, -0.25) is 0 Å². The van der Waals surface area contributed by atoms with E-state index in [1.54, 1.807) is 12.1 Å². The zero-order valence-corrected chi connectivity index (χ0v) is 37.4. The van der Waals surface area contributed by atoms with Gasteiger partial charge in [0.15, 0.2) is 0 Å². The maximum atomic E-state index is 9.07. The van der Waals surface area contributed by atoms with Gasteiger partial charge in [0.25, 0.3) is 0 Å². The molecule has 0 saturated heterocycles. The van der Waals surface area contributed by atoms with E-state index in [1.807, 2.05) is 135 Å². The zero-order valence-electron chi connectivity index (χ0n) is 32.8. The van der Waals surface area contributed by atoms with Crippen molar-refractivity contribution < 1.29 is 52.3 Å². The van der Waals surface area contributed by atoms with Crippen LogP contribution in [-0.2, 0) is 53.0 Å². The molecule has 56 heavy (non-hydrogen) atoms. The summed E-state index contributed by atoms with van der Waals surface area (Å²) in [6.07, 6.45) is 3.61. The quantitative estimate of drug-likeness (QED) is 0.163. The summed E-state index contributed by atoms with van der Waals surface area (Å²) in [6, 6.07) is 40.8. The first-order valence-corrected chi connectivity index (χ1v) is 17.6. The normalized spacial score (nSPS) is 12.6. The molecule has 2 N–H and O–H groups in total. The predicted molar refractivity (Wildman–Crippen MR) is 218 cm³/mol. The van der Waals surface area contributed by atoms with E-state index in [4.69, 9.17) is 10.2 Å². The van der Waals surface area contributed by atoms with Crippen LogP contribution in [0.5, 0.6) is 11.8 Å². The molecule has 296 valence electrons. The molecule has 12 heteroatoms. The van der Waals surface area contributed by atoms with Gasteiger partial charge in [0.1, 0.15) is 11.6 Å². The van der Waals surface area contributed by atoms with Crippen molar-refractivity contribution in [3.8, 4) is 11.8 Å². The average molecular weight is 1110 g/mol. The second-order valence-electron chi connectivity index (χ2n) is 14.6. The summed E-state index contributed by atoms with van der Waals surface area (Å²) in [5.41, 5.74) is 6.09. The smallest absolute Gasteiger partial charge is 0.502 e. The largest absolute Gasteiger partial charge is 2.00 e. The van der Waals surface area contributed by atoms with Crippen molar-refractivity contribution in [3.05, 3.63) is 158 Å². The Hall–Kier alpha value is -4.78. The second-order valence-corrected chi connectivity index (χ2v) is 14.6. The van der Waals surface area contributed by atoms with Crippen molar-refractivity contribution in [1.82, 2.24) is 19.9 Å². The van der Waals surface area contributed by atoms with Gasteiger partial charge in [-0.1, -0.05) is 53.7 Å². The third kappa shape index (κ3) is 12.1. The number of rotatable bonds is 2. The van der Waals surface area contributed by atoms with Crippen LogP contribution in [0.4, 0.5) is 34.4 Å². The molecule has 6 heterocycles. The van der Waals surface area contributed by atoms with E-state index >= 15 is 0 Å². The van der Waals surface area contributed by atoms with Crippen molar-refractivity contribution in [2.75, 3.05) is 33.7 Å². The average Bonchev–Trinajstić information content (AvgIpc) is 3.69. The monoisotopic (exact) mass is 1110 g/mol. The third-order valence-electron chi connectivity index (χ3n) is 8.24. The van der Waals surface area contributed by atoms with E-state index in [1.165, 1.54) is 0 Å². The fourth-order valence-electron chi connectivity index (χ4n) is 5.38. The Morgan fingerprint density at radius 2 is 0.911 bits per heavy atom. The first-order valence-electron chi connectivity index (χ1n) is 17.6. The van der Waals surface area contributed by atoms with Crippen LogP contribution < -0.4 is 19.6 Å². The van der Waals surface area contributed by atoms with Crippen molar-refractivity contribution in [3.63, 3.8) is 0 Å². The third-order valence-corrected chi connectivity index (χ3v) is 8.24. The van der Waals surface area contributed by atoms with Gasteiger partial charge < -0.3 is 29.8 Å². The molecule has 6 aromatic rings. The van der Waals surface area contributed by atoms with E-state index < -0.39 is 0 Å². The first kappa shape index (κ1) is 45.6. The molecule has 8 rings (SSSR count). The number of nitrogens with zero attached hydrogens (tertiary/aromatic N) is 8. The second kappa shape index (κ2) is 20.4. The Kier molecular flexibility index (Phi) is 16.6. The Labute approximate surface area is 360 Å². The molecule has 0 radical (unpaired) electrons. The van der Waals surface area contributed by atoms with Gasteiger partial charge >= 0.3 is 42.1 Å². The Balaban J connectivity index is 0.000000201. The fourth-order valence-corrected chi connectivity index (χ4v) is 5.38. The van der Waals surface area contributed by atoms with Gasteiger partial charge in [0, 0.05) is 58.1 Å². The summed E-state index contributed by atoms with van der Waals surface area (Å²) in [7, 11) is 4.03. The van der Waals surface area contributed by atoms with Gasteiger partial charge in [0.05, 0.1) is 0 Å². The van der Waals surface area contributed by atoms with Crippen LogP contribution in [0.1, 0.15) is 52.9 Å². The maximum Gasteiger partial charge on any atom is 2.00 e. The van der Waals surface area contributed by atoms with Crippen LogP contribution in [0.3, 0.4) is 0 Å². The minimum absolute atomic E-state index is 0. The van der Waals surface area contributed by atoms with Gasteiger partial charge in [0.2, 0.25) is 11.8 Å². The van der Waals surface area contributed by atoms with Crippen LogP contribution in [0, 0.1) is 25.5 Å². The van der Waals surface area contributed by atoms with Gasteiger partial charge in [-0.15, -0.1) is 11.4 Å². The molecule has 0 unspecified atom stereocenters. The Bertz CT molecular complexity index is 1940. The molecule has 0 amide bonds. The molecule has 0 atom stereocenters. The first-order chi connectivity index (χ1) is 25.7. The molecule has 2 aromatic carbocycles. The number of hydrogen-bond donors (Lipinski definition) is 2. The molecule has 10 nitrogen and oxygen atoms in total. The standard InChI is InChI=1S/2C13H11N3.2C9H13NO.2Pt/c2*1-15-10-16(11-6-3-2-4-7-11)13-12(15)8-5-9-14-13;2*1-9(2,3)7-5-4-6-8(11)10-7;;/h2*2-6,8-10H,1H3;2*4-6H,1-3H3,(H,10,11);;/q2*-2;;;2*+2. The van der Waals surface area contributed by atoms with Crippen molar-refractivity contribution in [2.45, 2.75) is 52.4 Å². The SMILES string of the molecule is CC(C)(C)c1cccc(O)n1.CC(C)(C)c1cccc(O)n1.CN1[CH-]N(c2[c-]cccc2)c2ncccc21.CN1[CH-]N(c2[c-]cccc2)c2ncccc21.[Pt+2].[Pt+2]. The van der Waals surface area contributed by atoms with E-state index in [9.17, 15) is 0 Å². The van der Waals surface area contributed by atoms with Gasteiger partial charge in [-0.25, -0.2) is 19.9 Å².